The maximum atomic E-state index is 4.87. The quantitative estimate of drug-likeness (QED) is 0.368. The van der Waals surface area contributed by atoms with Crippen molar-refractivity contribution in [2.45, 2.75) is 40.0 Å². The fourth-order valence-corrected chi connectivity index (χ4v) is 6.04. The van der Waals surface area contributed by atoms with Gasteiger partial charge in [-0.25, -0.2) is 14.5 Å². The molecule has 0 N–H and O–H groups in total. The lowest BCUT2D eigenvalue weighted by Crippen LogP contribution is -2.26. The number of rotatable bonds is 1. The summed E-state index contributed by atoms with van der Waals surface area (Å²) in [6.07, 6.45) is 7.23. The fourth-order valence-electron chi connectivity index (χ4n) is 4.03. The van der Waals surface area contributed by atoms with Crippen molar-refractivity contribution in [3.63, 3.8) is 0 Å². The lowest BCUT2D eigenvalue weighted by molar-refractivity contribution is 0.218. The molecule has 1 unspecified atom stereocenters. The predicted octanol–water partition coefficient (Wildman–Crippen LogP) is 4.50. The maximum Gasteiger partial charge on any atom is 0.203 e. The Morgan fingerprint density at radius 3 is 2.78 bits per heavy atom. The molecule has 0 spiro atoms. The minimum atomic E-state index is 0.342. The molecular formula is C19H21IN6S. The van der Waals surface area contributed by atoms with Crippen molar-refractivity contribution < 1.29 is 0 Å². The number of aryl methyl sites for hydroxylation is 2. The zero-order valence-electron chi connectivity index (χ0n) is 15.8. The second kappa shape index (κ2) is 5.97. The normalized spacial score (nSPS) is 17.7. The van der Waals surface area contributed by atoms with E-state index < -0.39 is 0 Å². The number of fused-ring (bicyclic) bond motifs is 5. The van der Waals surface area contributed by atoms with Gasteiger partial charge in [0.05, 0.1) is 8.96 Å². The molecule has 0 aliphatic heterocycles. The highest BCUT2D eigenvalue weighted by Gasteiger charge is 2.32. The van der Waals surface area contributed by atoms with E-state index in [-0.39, 0.29) is 0 Å². The first-order valence-corrected chi connectivity index (χ1v) is 11.1. The molecule has 8 heteroatoms. The molecule has 0 saturated heterocycles. The van der Waals surface area contributed by atoms with Crippen LogP contribution in [0.5, 0.6) is 0 Å². The monoisotopic (exact) mass is 492 g/mol. The lowest BCUT2D eigenvalue weighted by Gasteiger charge is -2.33. The molecule has 140 valence electrons. The number of halogens is 1. The summed E-state index contributed by atoms with van der Waals surface area (Å²) in [4.78, 5) is 12.1. The molecule has 4 aromatic rings. The van der Waals surface area contributed by atoms with Crippen LogP contribution < -0.4 is 0 Å². The number of hydrogen-bond acceptors (Lipinski definition) is 5. The summed E-state index contributed by atoms with van der Waals surface area (Å²) < 4.78 is 4.66. The van der Waals surface area contributed by atoms with Gasteiger partial charge in [-0.05, 0) is 58.7 Å². The van der Waals surface area contributed by atoms with Crippen molar-refractivity contribution in [1.29, 1.82) is 0 Å². The number of nitrogens with zero attached hydrogens (tertiary/aromatic N) is 6. The van der Waals surface area contributed by atoms with Crippen LogP contribution in [0.3, 0.4) is 0 Å². The molecule has 0 fully saturated rings. The SMILES string of the molecule is Cn1cc(I)c(-c2nc3c4c5c(sc4ncn3n2)CC(C(C)(C)C)CC5)n1. The summed E-state index contributed by atoms with van der Waals surface area (Å²) in [5.74, 6) is 1.38. The summed E-state index contributed by atoms with van der Waals surface area (Å²) in [6.45, 7) is 7.06. The van der Waals surface area contributed by atoms with Gasteiger partial charge in [-0.2, -0.15) is 5.10 Å². The number of aromatic nitrogens is 6. The second-order valence-electron chi connectivity index (χ2n) is 8.44. The van der Waals surface area contributed by atoms with Gasteiger partial charge in [0.2, 0.25) is 5.82 Å². The van der Waals surface area contributed by atoms with Crippen molar-refractivity contribution in [3.05, 3.63) is 26.5 Å². The molecule has 0 radical (unpaired) electrons. The van der Waals surface area contributed by atoms with Gasteiger partial charge >= 0.3 is 0 Å². The van der Waals surface area contributed by atoms with Crippen LogP contribution in [-0.2, 0) is 19.9 Å². The molecule has 1 aliphatic carbocycles. The van der Waals surface area contributed by atoms with Crippen molar-refractivity contribution in [2.24, 2.45) is 18.4 Å². The van der Waals surface area contributed by atoms with Crippen LogP contribution in [0.25, 0.3) is 27.4 Å². The van der Waals surface area contributed by atoms with Crippen LogP contribution in [0.15, 0.2) is 12.5 Å². The van der Waals surface area contributed by atoms with Gasteiger partial charge in [0.1, 0.15) is 16.9 Å². The molecule has 4 heterocycles. The summed E-state index contributed by atoms with van der Waals surface area (Å²) in [5, 5.41) is 10.4. The molecule has 1 aliphatic rings. The second-order valence-corrected chi connectivity index (χ2v) is 10.7. The molecule has 0 aromatic carbocycles. The smallest absolute Gasteiger partial charge is 0.203 e. The topological polar surface area (TPSA) is 60.9 Å². The molecule has 1 atom stereocenters. The molecule has 27 heavy (non-hydrogen) atoms. The average Bonchev–Trinajstić information content (AvgIpc) is 3.26. The van der Waals surface area contributed by atoms with Gasteiger partial charge in [-0.3, -0.25) is 4.68 Å². The summed E-state index contributed by atoms with van der Waals surface area (Å²) in [5.41, 5.74) is 3.51. The van der Waals surface area contributed by atoms with Gasteiger partial charge in [-0.1, -0.05) is 20.8 Å². The third kappa shape index (κ3) is 2.79. The maximum absolute atomic E-state index is 4.87. The molecule has 5 rings (SSSR count). The first-order valence-electron chi connectivity index (χ1n) is 9.16. The number of hydrogen-bond donors (Lipinski definition) is 0. The summed E-state index contributed by atoms with van der Waals surface area (Å²) >= 11 is 4.12. The van der Waals surface area contributed by atoms with Crippen molar-refractivity contribution in [3.8, 4) is 11.5 Å². The minimum absolute atomic E-state index is 0.342. The molecule has 0 bridgehead atoms. The van der Waals surface area contributed by atoms with E-state index in [1.807, 2.05) is 29.1 Å². The first-order chi connectivity index (χ1) is 12.8. The molecule has 4 aromatic heterocycles. The highest BCUT2D eigenvalue weighted by molar-refractivity contribution is 14.1. The van der Waals surface area contributed by atoms with Crippen molar-refractivity contribution >= 4 is 49.8 Å². The summed E-state index contributed by atoms with van der Waals surface area (Å²) in [6, 6.07) is 0. The van der Waals surface area contributed by atoms with Crippen LogP contribution in [0.4, 0.5) is 0 Å². The minimum Gasteiger partial charge on any atom is -0.274 e. The van der Waals surface area contributed by atoms with Crippen molar-refractivity contribution in [1.82, 2.24) is 29.4 Å². The van der Waals surface area contributed by atoms with Gasteiger partial charge in [0.25, 0.3) is 0 Å². The Morgan fingerprint density at radius 1 is 1.26 bits per heavy atom. The summed E-state index contributed by atoms with van der Waals surface area (Å²) in [7, 11) is 1.92. The van der Waals surface area contributed by atoms with E-state index in [1.54, 1.807) is 11.0 Å². The van der Waals surface area contributed by atoms with E-state index in [1.165, 1.54) is 22.2 Å². The van der Waals surface area contributed by atoms with Crippen LogP contribution in [0, 0.1) is 14.9 Å². The van der Waals surface area contributed by atoms with E-state index in [0.29, 0.717) is 11.2 Å². The zero-order valence-corrected chi connectivity index (χ0v) is 18.8. The molecule has 0 saturated carbocycles. The Labute approximate surface area is 175 Å². The van der Waals surface area contributed by atoms with E-state index in [9.17, 15) is 0 Å². The largest absolute Gasteiger partial charge is 0.274 e. The van der Waals surface area contributed by atoms with Gasteiger partial charge in [0, 0.05) is 18.1 Å². The van der Waals surface area contributed by atoms with Crippen LogP contribution in [0.2, 0.25) is 0 Å². The van der Waals surface area contributed by atoms with Crippen LogP contribution in [0.1, 0.15) is 37.6 Å². The Kier molecular flexibility index (Phi) is 3.88. The highest BCUT2D eigenvalue weighted by Crippen LogP contribution is 2.43. The Balaban J connectivity index is 1.68. The Hall–Kier alpha value is -1.55. The van der Waals surface area contributed by atoms with E-state index in [4.69, 9.17) is 4.98 Å². The number of thiophene rings is 1. The van der Waals surface area contributed by atoms with Crippen LogP contribution in [-0.4, -0.2) is 29.4 Å². The fraction of sp³-hybridized carbons (Fsp3) is 0.474. The zero-order chi connectivity index (χ0) is 18.9. The molecule has 6 nitrogen and oxygen atoms in total. The van der Waals surface area contributed by atoms with Gasteiger partial charge in [-0.15, -0.1) is 16.4 Å². The Bertz CT molecular complexity index is 1180. The third-order valence-corrected chi connectivity index (χ3v) is 7.56. The predicted molar refractivity (Wildman–Crippen MR) is 116 cm³/mol. The first kappa shape index (κ1) is 17.5. The van der Waals surface area contributed by atoms with Crippen LogP contribution >= 0.6 is 33.9 Å². The standard InChI is InChI=1S/C19H21IN6S/c1-19(2,3)10-5-6-11-13(7-10)27-18-14(11)17-22-16(24-26(17)9-21-18)15-12(20)8-25(4)23-15/h8-10H,5-7H2,1-4H3. The van der Waals surface area contributed by atoms with E-state index >= 15 is 0 Å². The molecular weight excluding hydrogens is 471 g/mol. The average molecular weight is 492 g/mol. The van der Waals surface area contributed by atoms with E-state index in [2.05, 4.69) is 58.5 Å². The third-order valence-electron chi connectivity index (χ3n) is 5.61. The van der Waals surface area contributed by atoms with Gasteiger partial charge < -0.3 is 0 Å². The van der Waals surface area contributed by atoms with E-state index in [0.717, 1.165) is 38.5 Å². The lowest BCUT2D eigenvalue weighted by atomic mass is 9.72. The van der Waals surface area contributed by atoms with Gasteiger partial charge in [0.15, 0.2) is 5.65 Å². The molecule has 0 amide bonds. The van der Waals surface area contributed by atoms with Crippen molar-refractivity contribution in [2.75, 3.05) is 0 Å². The Morgan fingerprint density at radius 2 is 2.07 bits per heavy atom. The highest BCUT2D eigenvalue weighted by atomic mass is 127.